The van der Waals surface area contributed by atoms with Gasteiger partial charge in [-0.15, -0.1) is 0 Å². The molecule has 0 heterocycles. The van der Waals surface area contributed by atoms with Gasteiger partial charge in [-0.3, -0.25) is 0 Å². The summed E-state index contributed by atoms with van der Waals surface area (Å²) in [5.74, 6) is 0. The van der Waals surface area contributed by atoms with Crippen LogP contribution in [-0.2, 0) is 9.47 Å². The van der Waals surface area contributed by atoms with Crippen LogP contribution in [0.5, 0.6) is 0 Å². The van der Waals surface area contributed by atoms with Crippen molar-refractivity contribution < 1.29 is 14.6 Å². The van der Waals surface area contributed by atoms with Crippen LogP contribution in [0.4, 0.5) is 0 Å². The van der Waals surface area contributed by atoms with Crippen LogP contribution >= 0.6 is 0 Å². The Morgan fingerprint density at radius 3 is 2.24 bits per heavy atom. The van der Waals surface area contributed by atoms with Crippen molar-refractivity contribution in [1.29, 1.82) is 0 Å². The average molecular weight is 247 g/mol. The van der Waals surface area contributed by atoms with E-state index in [2.05, 4.69) is 5.32 Å². The first-order valence-corrected chi connectivity index (χ1v) is 6.52. The monoisotopic (exact) mass is 247 g/mol. The van der Waals surface area contributed by atoms with Crippen molar-refractivity contribution in [3.63, 3.8) is 0 Å². The first-order valence-electron chi connectivity index (χ1n) is 6.52. The van der Waals surface area contributed by atoms with E-state index >= 15 is 0 Å². The van der Waals surface area contributed by atoms with E-state index in [1.807, 2.05) is 34.6 Å². The number of aliphatic hydroxyl groups is 1. The van der Waals surface area contributed by atoms with Gasteiger partial charge in [0.25, 0.3) is 0 Å². The molecule has 2 N–H and O–H groups in total. The van der Waals surface area contributed by atoms with Crippen LogP contribution in [-0.4, -0.2) is 49.2 Å². The fourth-order valence-electron chi connectivity index (χ4n) is 1.85. The Labute approximate surface area is 106 Å². The van der Waals surface area contributed by atoms with Crippen molar-refractivity contribution in [3.8, 4) is 0 Å². The van der Waals surface area contributed by atoms with Gasteiger partial charge in [0, 0.05) is 5.54 Å². The molecule has 0 amide bonds. The molecule has 4 heteroatoms. The Morgan fingerprint density at radius 2 is 1.76 bits per heavy atom. The molecule has 0 aliphatic carbocycles. The molecule has 17 heavy (non-hydrogen) atoms. The summed E-state index contributed by atoms with van der Waals surface area (Å²) in [5, 5.41) is 12.7. The normalized spacial score (nSPS) is 17.1. The molecule has 2 atom stereocenters. The third-order valence-electron chi connectivity index (χ3n) is 2.63. The van der Waals surface area contributed by atoms with E-state index < -0.39 is 0 Å². The predicted octanol–water partition coefficient (Wildman–Crippen LogP) is 1.57. The van der Waals surface area contributed by atoms with E-state index in [0.717, 1.165) is 13.0 Å². The highest BCUT2D eigenvalue weighted by Crippen LogP contribution is 2.13. The lowest BCUT2D eigenvalue weighted by Crippen LogP contribution is -2.48. The molecule has 0 bridgehead atoms. The number of rotatable bonds is 10. The molecule has 104 valence electrons. The standard InChI is InChI=1S/C13H29NO3/c1-6-14-13(5,10-15)9-12(4)17-8-7-16-11(2)3/h11-12,14-15H,6-10H2,1-5H3. The molecule has 2 unspecified atom stereocenters. The van der Waals surface area contributed by atoms with Gasteiger partial charge in [-0.2, -0.15) is 0 Å². The third-order valence-corrected chi connectivity index (χ3v) is 2.63. The van der Waals surface area contributed by atoms with E-state index in [0.29, 0.717) is 13.2 Å². The molecule has 0 saturated heterocycles. The highest BCUT2D eigenvalue weighted by Gasteiger charge is 2.24. The SMILES string of the molecule is CCNC(C)(CO)CC(C)OCCOC(C)C. The Morgan fingerprint density at radius 1 is 1.18 bits per heavy atom. The number of aliphatic hydroxyl groups excluding tert-OH is 1. The van der Waals surface area contributed by atoms with Crippen LogP contribution in [0.1, 0.15) is 41.0 Å². The maximum absolute atomic E-state index is 9.37. The van der Waals surface area contributed by atoms with E-state index in [1.165, 1.54) is 0 Å². The summed E-state index contributed by atoms with van der Waals surface area (Å²) in [6.07, 6.45) is 1.15. The molecule has 0 rings (SSSR count). The second kappa shape index (κ2) is 8.86. The number of hydrogen-bond donors (Lipinski definition) is 2. The molecule has 0 spiro atoms. The first kappa shape index (κ1) is 16.8. The molecule has 0 radical (unpaired) electrons. The van der Waals surface area contributed by atoms with Crippen molar-refractivity contribution in [2.75, 3.05) is 26.4 Å². The van der Waals surface area contributed by atoms with Crippen LogP contribution in [0.15, 0.2) is 0 Å². The van der Waals surface area contributed by atoms with Gasteiger partial charge in [0.2, 0.25) is 0 Å². The van der Waals surface area contributed by atoms with Crippen LogP contribution in [0, 0.1) is 0 Å². The third kappa shape index (κ3) is 8.55. The van der Waals surface area contributed by atoms with Crippen molar-refractivity contribution in [1.82, 2.24) is 5.32 Å². The molecule has 0 aliphatic heterocycles. The van der Waals surface area contributed by atoms with E-state index in [4.69, 9.17) is 9.47 Å². The smallest absolute Gasteiger partial charge is 0.0704 e. The highest BCUT2D eigenvalue weighted by molar-refractivity contribution is 4.83. The van der Waals surface area contributed by atoms with Crippen molar-refractivity contribution in [2.24, 2.45) is 0 Å². The number of hydrogen-bond acceptors (Lipinski definition) is 4. The van der Waals surface area contributed by atoms with Gasteiger partial charge in [-0.25, -0.2) is 0 Å². The molecular formula is C13H29NO3. The van der Waals surface area contributed by atoms with Crippen LogP contribution in [0.25, 0.3) is 0 Å². The summed E-state index contributed by atoms with van der Waals surface area (Å²) in [7, 11) is 0. The maximum atomic E-state index is 9.37. The largest absolute Gasteiger partial charge is 0.394 e. The van der Waals surface area contributed by atoms with Gasteiger partial charge in [0.05, 0.1) is 32.0 Å². The van der Waals surface area contributed by atoms with E-state index in [9.17, 15) is 5.11 Å². The van der Waals surface area contributed by atoms with Gasteiger partial charge in [-0.1, -0.05) is 6.92 Å². The van der Waals surface area contributed by atoms with Gasteiger partial charge >= 0.3 is 0 Å². The molecular weight excluding hydrogens is 218 g/mol. The Balaban J connectivity index is 3.79. The summed E-state index contributed by atoms with van der Waals surface area (Å²) < 4.78 is 11.1. The second-order valence-corrected chi connectivity index (χ2v) is 5.05. The van der Waals surface area contributed by atoms with Crippen LogP contribution in [0.2, 0.25) is 0 Å². The first-order chi connectivity index (χ1) is 7.93. The molecule has 0 aromatic heterocycles. The van der Waals surface area contributed by atoms with Crippen molar-refractivity contribution >= 4 is 0 Å². The summed E-state index contributed by atoms with van der Waals surface area (Å²) >= 11 is 0. The molecule has 0 saturated carbocycles. The summed E-state index contributed by atoms with van der Waals surface area (Å²) in [5.41, 5.74) is -0.257. The minimum Gasteiger partial charge on any atom is -0.394 e. The zero-order chi connectivity index (χ0) is 13.3. The molecule has 0 aromatic carbocycles. The number of likely N-dealkylation sites (N-methyl/N-ethyl adjacent to an activating group) is 1. The zero-order valence-electron chi connectivity index (χ0n) is 12.0. The van der Waals surface area contributed by atoms with Crippen LogP contribution in [0.3, 0.4) is 0 Å². The zero-order valence-corrected chi connectivity index (χ0v) is 12.0. The molecule has 0 fully saturated rings. The fraction of sp³-hybridized carbons (Fsp3) is 1.00. The van der Waals surface area contributed by atoms with Gasteiger partial charge in [0.15, 0.2) is 0 Å². The van der Waals surface area contributed by atoms with Crippen LogP contribution < -0.4 is 5.32 Å². The summed E-state index contributed by atoms with van der Waals surface area (Å²) in [6, 6.07) is 0. The van der Waals surface area contributed by atoms with E-state index in [1.54, 1.807) is 0 Å². The molecule has 4 nitrogen and oxygen atoms in total. The second-order valence-electron chi connectivity index (χ2n) is 5.05. The molecule has 0 aromatic rings. The van der Waals surface area contributed by atoms with E-state index in [-0.39, 0.29) is 24.4 Å². The summed E-state index contributed by atoms with van der Waals surface area (Å²) in [6.45, 7) is 12.3. The topological polar surface area (TPSA) is 50.7 Å². The van der Waals surface area contributed by atoms with Gasteiger partial charge in [-0.05, 0) is 40.7 Å². The Hall–Kier alpha value is -0.160. The lowest BCUT2D eigenvalue weighted by atomic mass is 9.96. The van der Waals surface area contributed by atoms with Crippen molar-refractivity contribution in [3.05, 3.63) is 0 Å². The average Bonchev–Trinajstić information content (AvgIpc) is 2.24. The van der Waals surface area contributed by atoms with Gasteiger partial charge in [0.1, 0.15) is 0 Å². The quantitative estimate of drug-likeness (QED) is 0.575. The lowest BCUT2D eigenvalue weighted by Gasteiger charge is -2.31. The predicted molar refractivity (Wildman–Crippen MR) is 70.3 cm³/mol. The Bertz CT molecular complexity index is 188. The highest BCUT2D eigenvalue weighted by atomic mass is 16.5. The number of nitrogens with one attached hydrogen (secondary N) is 1. The maximum Gasteiger partial charge on any atom is 0.0704 e. The minimum atomic E-state index is -0.257. The number of ether oxygens (including phenoxy) is 2. The lowest BCUT2D eigenvalue weighted by molar-refractivity contribution is -0.0205. The Kier molecular flexibility index (Phi) is 8.78. The molecule has 0 aliphatic rings. The van der Waals surface area contributed by atoms with Gasteiger partial charge < -0.3 is 19.9 Å². The van der Waals surface area contributed by atoms with Crippen molar-refractivity contribution in [2.45, 2.75) is 58.8 Å². The fourth-order valence-corrected chi connectivity index (χ4v) is 1.85. The minimum absolute atomic E-state index is 0.113. The summed E-state index contributed by atoms with van der Waals surface area (Å²) in [4.78, 5) is 0.